The van der Waals surface area contributed by atoms with Crippen molar-refractivity contribution in [2.75, 3.05) is 0 Å². The predicted molar refractivity (Wildman–Crippen MR) is 140 cm³/mol. The van der Waals surface area contributed by atoms with E-state index in [1.165, 1.54) is 6.07 Å². The van der Waals surface area contributed by atoms with Crippen molar-refractivity contribution in [2.24, 2.45) is 0 Å². The van der Waals surface area contributed by atoms with Crippen molar-refractivity contribution in [1.29, 1.82) is 0 Å². The number of hydrogen-bond donors (Lipinski definition) is 2. The number of fused-ring (bicyclic) bond motifs is 6. The summed E-state index contributed by atoms with van der Waals surface area (Å²) in [6, 6.07) is 20.9. The highest BCUT2D eigenvalue weighted by molar-refractivity contribution is 14.1. The number of halogens is 2. The summed E-state index contributed by atoms with van der Waals surface area (Å²) in [4.78, 5) is 12.9. The van der Waals surface area contributed by atoms with Gasteiger partial charge in [0.25, 0.3) is 0 Å². The summed E-state index contributed by atoms with van der Waals surface area (Å²) in [5.74, 6) is 1.74. The molecule has 2 aliphatic heterocycles. The molecule has 0 saturated carbocycles. The van der Waals surface area contributed by atoms with E-state index in [0.29, 0.717) is 52.4 Å². The molecular weight excluding hydrogens is 662 g/mol. The normalized spacial score (nSPS) is 17.4. The molecule has 2 N–H and O–H groups in total. The molecule has 0 fully saturated rings. The van der Waals surface area contributed by atoms with Crippen molar-refractivity contribution < 1.29 is 29.2 Å². The van der Waals surface area contributed by atoms with Gasteiger partial charge >= 0.3 is 5.97 Å². The van der Waals surface area contributed by atoms with Gasteiger partial charge in [0, 0.05) is 28.8 Å². The molecular formula is C26H14I2O6. The molecule has 1 atom stereocenters. The molecule has 4 aromatic carbocycles. The van der Waals surface area contributed by atoms with Gasteiger partial charge in [0.2, 0.25) is 0 Å². The number of aromatic hydroxyl groups is 2. The van der Waals surface area contributed by atoms with Crippen LogP contribution in [-0.4, -0.2) is 16.2 Å². The van der Waals surface area contributed by atoms with E-state index >= 15 is 0 Å². The zero-order valence-corrected chi connectivity index (χ0v) is 21.5. The van der Waals surface area contributed by atoms with Crippen LogP contribution in [0.2, 0.25) is 0 Å². The molecule has 2 heterocycles. The minimum atomic E-state index is -1.20. The third-order valence-electron chi connectivity index (χ3n) is 5.89. The standard InChI is InChI=1S/C26H14I2O6/c27-20-10-15(11-21(28)24(20)30)32-14-6-8-19-23(12-14)33-22-9-13(29)5-7-18(22)26(19)17-4-2-1-3-16(17)25(31)34-26/h1-12,29-30H. The van der Waals surface area contributed by atoms with Gasteiger partial charge in [0.15, 0.2) is 5.60 Å². The molecule has 0 amide bonds. The maximum absolute atomic E-state index is 12.9. The van der Waals surface area contributed by atoms with Crippen molar-refractivity contribution in [3.05, 3.63) is 102 Å². The van der Waals surface area contributed by atoms with E-state index < -0.39 is 11.6 Å². The fourth-order valence-electron chi connectivity index (χ4n) is 4.45. The van der Waals surface area contributed by atoms with Crippen LogP contribution in [0.3, 0.4) is 0 Å². The Balaban J connectivity index is 1.52. The van der Waals surface area contributed by atoms with Gasteiger partial charge in [-0.15, -0.1) is 0 Å². The summed E-state index contributed by atoms with van der Waals surface area (Å²) in [5.41, 5.74) is 1.29. The Morgan fingerprint density at radius 2 is 1.44 bits per heavy atom. The Morgan fingerprint density at radius 1 is 0.765 bits per heavy atom. The lowest BCUT2D eigenvalue weighted by molar-refractivity contribution is 0.0224. The molecule has 0 aromatic heterocycles. The zero-order valence-electron chi connectivity index (χ0n) is 17.2. The Morgan fingerprint density at radius 3 is 2.21 bits per heavy atom. The third-order valence-corrected chi connectivity index (χ3v) is 7.54. The lowest BCUT2D eigenvalue weighted by atomic mass is 9.77. The Kier molecular flexibility index (Phi) is 4.92. The molecule has 6 nitrogen and oxygen atoms in total. The lowest BCUT2D eigenvalue weighted by Crippen LogP contribution is -2.32. The fourth-order valence-corrected chi connectivity index (χ4v) is 6.16. The van der Waals surface area contributed by atoms with Crippen molar-refractivity contribution in [3.63, 3.8) is 0 Å². The molecule has 0 saturated heterocycles. The fraction of sp³-hybridized carbons (Fsp3) is 0.0385. The first-order valence-electron chi connectivity index (χ1n) is 10.2. The number of phenolic OH excluding ortho intramolecular Hbond substituents is 2. The Labute approximate surface area is 221 Å². The highest BCUT2D eigenvalue weighted by atomic mass is 127. The van der Waals surface area contributed by atoms with Crippen LogP contribution in [0.1, 0.15) is 27.0 Å². The molecule has 0 radical (unpaired) electrons. The second-order valence-electron chi connectivity index (χ2n) is 7.89. The largest absolute Gasteiger partial charge is 0.508 e. The number of rotatable bonds is 2. The van der Waals surface area contributed by atoms with Crippen LogP contribution in [0.15, 0.2) is 72.8 Å². The zero-order chi connectivity index (χ0) is 23.6. The third kappa shape index (κ3) is 3.15. The molecule has 34 heavy (non-hydrogen) atoms. The lowest BCUT2D eigenvalue weighted by Gasteiger charge is -2.36. The highest BCUT2D eigenvalue weighted by Crippen LogP contribution is 2.57. The van der Waals surface area contributed by atoms with E-state index in [4.69, 9.17) is 14.2 Å². The second kappa shape index (κ2) is 7.77. The number of ether oxygens (including phenoxy) is 3. The van der Waals surface area contributed by atoms with E-state index in [0.717, 1.165) is 0 Å². The summed E-state index contributed by atoms with van der Waals surface area (Å²) in [6.07, 6.45) is 0. The SMILES string of the molecule is O=C1OC2(c3ccc(O)cc3Oc3cc(Oc4cc(I)c(O)c(I)c4)ccc32)c2ccccc21. The van der Waals surface area contributed by atoms with Gasteiger partial charge < -0.3 is 24.4 Å². The van der Waals surface area contributed by atoms with E-state index in [1.807, 2.05) is 63.4 Å². The molecule has 1 unspecified atom stereocenters. The van der Waals surface area contributed by atoms with Crippen LogP contribution in [0, 0.1) is 7.14 Å². The minimum absolute atomic E-state index is 0.0376. The average Bonchev–Trinajstić information content (AvgIpc) is 3.10. The summed E-state index contributed by atoms with van der Waals surface area (Å²) in [7, 11) is 0. The number of phenols is 2. The van der Waals surface area contributed by atoms with Crippen LogP contribution in [0.25, 0.3) is 0 Å². The topological polar surface area (TPSA) is 85.2 Å². The first-order valence-corrected chi connectivity index (χ1v) is 12.4. The predicted octanol–water partition coefficient (Wildman–Crippen LogP) is 6.67. The quantitative estimate of drug-likeness (QED) is 0.183. The molecule has 0 aliphatic carbocycles. The highest BCUT2D eigenvalue weighted by Gasteiger charge is 2.53. The first-order chi connectivity index (χ1) is 16.4. The number of carbonyl (C=O) groups excluding carboxylic acids is 1. The smallest absolute Gasteiger partial charge is 0.340 e. The molecule has 4 aromatic rings. The van der Waals surface area contributed by atoms with Gasteiger partial charge in [-0.2, -0.15) is 0 Å². The molecule has 2 aliphatic rings. The van der Waals surface area contributed by atoms with Gasteiger partial charge in [-0.3, -0.25) is 0 Å². The van der Waals surface area contributed by atoms with Crippen LogP contribution in [-0.2, 0) is 10.3 Å². The molecule has 1 spiro atoms. The minimum Gasteiger partial charge on any atom is -0.508 e. The molecule has 6 rings (SSSR count). The van der Waals surface area contributed by atoms with E-state index in [9.17, 15) is 15.0 Å². The second-order valence-corrected chi connectivity index (χ2v) is 10.2. The average molecular weight is 676 g/mol. The van der Waals surface area contributed by atoms with Gasteiger partial charge in [-0.1, -0.05) is 18.2 Å². The van der Waals surface area contributed by atoms with Crippen molar-refractivity contribution in [2.45, 2.75) is 5.60 Å². The maximum Gasteiger partial charge on any atom is 0.340 e. The van der Waals surface area contributed by atoms with Crippen LogP contribution in [0.5, 0.6) is 34.5 Å². The monoisotopic (exact) mass is 676 g/mol. The van der Waals surface area contributed by atoms with Crippen molar-refractivity contribution in [1.82, 2.24) is 0 Å². The van der Waals surface area contributed by atoms with E-state index in [-0.39, 0.29) is 11.5 Å². The van der Waals surface area contributed by atoms with Crippen LogP contribution >= 0.6 is 45.2 Å². The first kappa shape index (κ1) is 21.5. The number of esters is 1. The summed E-state index contributed by atoms with van der Waals surface area (Å²) >= 11 is 4.10. The van der Waals surface area contributed by atoms with Gasteiger partial charge in [-0.25, -0.2) is 4.79 Å². The van der Waals surface area contributed by atoms with E-state index in [2.05, 4.69) is 0 Å². The Hall–Kier alpha value is -2.99. The number of benzene rings is 4. The van der Waals surface area contributed by atoms with Gasteiger partial charge in [0.1, 0.15) is 34.5 Å². The molecule has 0 bridgehead atoms. The summed E-state index contributed by atoms with van der Waals surface area (Å²) in [6.45, 7) is 0. The summed E-state index contributed by atoms with van der Waals surface area (Å²) in [5, 5.41) is 20.1. The van der Waals surface area contributed by atoms with E-state index in [1.54, 1.807) is 48.5 Å². The van der Waals surface area contributed by atoms with Crippen molar-refractivity contribution in [3.8, 4) is 34.5 Å². The maximum atomic E-state index is 12.9. The molecule has 8 heteroatoms. The van der Waals surface area contributed by atoms with Gasteiger partial charge in [-0.05, 0) is 87.6 Å². The molecule has 168 valence electrons. The summed E-state index contributed by atoms with van der Waals surface area (Å²) < 4.78 is 19.7. The van der Waals surface area contributed by atoms with Gasteiger partial charge in [0.05, 0.1) is 12.7 Å². The Bertz CT molecular complexity index is 1490. The number of hydrogen-bond acceptors (Lipinski definition) is 6. The number of carbonyl (C=O) groups is 1. The van der Waals surface area contributed by atoms with Crippen molar-refractivity contribution >= 4 is 51.2 Å². The van der Waals surface area contributed by atoms with Crippen LogP contribution in [0.4, 0.5) is 0 Å². The van der Waals surface area contributed by atoms with Crippen LogP contribution < -0.4 is 9.47 Å².